The van der Waals surface area contributed by atoms with Crippen molar-refractivity contribution in [2.45, 2.75) is 12.5 Å². The molecule has 2 heteroatoms. The highest BCUT2D eigenvalue weighted by Gasteiger charge is 2.33. The van der Waals surface area contributed by atoms with Gasteiger partial charge in [0.05, 0.1) is 5.54 Å². The van der Waals surface area contributed by atoms with Gasteiger partial charge < -0.3 is 4.90 Å². The Morgan fingerprint density at radius 1 is 0.696 bits per heavy atom. The maximum absolute atomic E-state index is 4.71. The molecule has 0 saturated heterocycles. The van der Waals surface area contributed by atoms with Crippen molar-refractivity contribution in [3.63, 3.8) is 0 Å². The second-order valence-corrected chi connectivity index (χ2v) is 6.12. The fourth-order valence-electron chi connectivity index (χ4n) is 2.96. The highest BCUT2D eigenvalue weighted by Crippen LogP contribution is 2.40. The van der Waals surface area contributed by atoms with Gasteiger partial charge in [0.2, 0.25) is 0 Å². The van der Waals surface area contributed by atoms with Crippen LogP contribution in [0.2, 0.25) is 0 Å². The third-order valence-electron chi connectivity index (χ3n) is 4.23. The predicted octanol–water partition coefficient (Wildman–Crippen LogP) is 5.67. The zero-order chi connectivity index (χ0) is 16.1. The standard InChI is InChI=1S/C21H21NS/c1-21(17-23,18-11-5-2-6-12-18)22(19-13-7-3-8-14-19)20-15-9-4-10-16-20/h2-16,23H,17H2,1H3/t21-/m0/s1. The SMILES string of the molecule is C[C@](CS)(c1ccccc1)N(c1ccccc1)c1ccccc1. The number of benzene rings is 3. The van der Waals surface area contributed by atoms with Crippen LogP contribution in [0.3, 0.4) is 0 Å². The molecule has 0 aliphatic carbocycles. The van der Waals surface area contributed by atoms with Crippen molar-refractivity contribution < 1.29 is 0 Å². The number of hydrogen-bond donors (Lipinski definition) is 1. The molecule has 0 heterocycles. The summed E-state index contributed by atoms with van der Waals surface area (Å²) >= 11 is 4.71. The molecule has 3 aromatic rings. The summed E-state index contributed by atoms with van der Waals surface area (Å²) in [6.45, 7) is 2.25. The minimum atomic E-state index is -0.243. The monoisotopic (exact) mass is 319 g/mol. The summed E-state index contributed by atoms with van der Waals surface area (Å²) in [5.74, 6) is 0.709. The van der Waals surface area contributed by atoms with E-state index in [4.69, 9.17) is 12.6 Å². The molecule has 0 N–H and O–H groups in total. The average molecular weight is 319 g/mol. The van der Waals surface area contributed by atoms with E-state index in [9.17, 15) is 0 Å². The molecule has 0 radical (unpaired) electrons. The first-order chi connectivity index (χ1) is 11.3. The second kappa shape index (κ2) is 6.93. The van der Waals surface area contributed by atoms with E-state index in [1.54, 1.807) is 0 Å². The fraction of sp³-hybridized carbons (Fsp3) is 0.143. The van der Waals surface area contributed by atoms with Gasteiger partial charge in [-0.05, 0) is 36.8 Å². The average Bonchev–Trinajstić information content (AvgIpc) is 2.64. The topological polar surface area (TPSA) is 3.24 Å². The van der Waals surface area contributed by atoms with Gasteiger partial charge in [-0.3, -0.25) is 0 Å². The normalized spacial score (nSPS) is 13.3. The molecule has 0 spiro atoms. The first-order valence-corrected chi connectivity index (χ1v) is 8.46. The molecule has 3 rings (SSSR count). The number of thiol groups is 1. The van der Waals surface area contributed by atoms with Gasteiger partial charge in [0.15, 0.2) is 0 Å². The summed E-state index contributed by atoms with van der Waals surface area (Å²) in [5, 5.41) is 0. The molecule has 1 atom stereocenters. The van der Waals surface area contributed by atoms with Crippen LogP contribution in [-0.2, 0) is 5.54 Å². The summed E-state index contributed by atoms with van der Waals surface area (Å²) < 4.78 is 0. The van der Waals surface area contributed by atoms with Crippen molar-refractivity contribution in [2.24, 2.45) is 0 Å². The Bertz CT molecular complexity index is 688. The van der Waals surface area contributed by atoms with E-state index < -0.39 is 0 Å². The number of hydrogen-bond acceptors (Lipinski definition) is 2. The lowest BCUT2D eigenvalue weighted by Crippen LogP contribution is -2.42. The fourth-order valence-corrected chi connectivity index (χ4v) is 3.29. The Morgan fingerprint density at radius 2 is 1.09 bits per heavy atom. The Hall–Kier alpha value is -2.19. The molecule has 3 aromatic carbocycles. The van der Waals surface area contributed by atoms with E-state index in [0.29, 0.717) is 5.75 Å². The van der Waals surface area contributed by atoms with Gasteiger partial charge in [-0.1, -0.05) is 66.7 Å². The van der Waals surface area contributed by atoms with Crippen LogP contribution in [0.5, 0.6) is 0 Å². The summed E-state index contributed by atoms with van der Waals surface area (Å²) in [4.78, 5) is 2.37. The molecule has 0 fully saturated rings. The molecule has 0 aromatic heterocycles. The maximum atomic E-state index is 4.71. The maximum Gasteiger partial charge on any atom is 0.0762 e. The van der Waals surface area contributed by atoms with Crippen LogP contribution >= 0.6 is 12.6 Å². The third kappa shape index (κ3) is 3.13. The molecular formula is C21H21NS. The molecule has 0 bridgehead atoms. The van der Waals surface area contributed by atoms with Gasteiger partial charge in [0.25, 0.3) is 0 Å². The first-order valence-electron chi connectivity index (χ1n) is 7.82. The van der Waals surface area contributed by atoms with Crippen LogP contribution < -0.4 is 4.90 Å². The van der Waals surface area contributed by atoms with Crippen LogP contribution in [0.25, 0.3) is 0 Å². The van der Waals surface area contributed by atoms with Crippen molar-refractivity contribution in [1.82, 2.24) is 0 Å². The number of anilines is 2. The van der Waals surface area contributed by atoms with Crippen LogP contribution in [0, 0.1) is 0 Å². The zero-order valence-corrected chi connectivity index (χ0v) is 14.2. The lowest BCUT2D eigenvalue weighted by atomic mass is 9.90. The van der Waals surface area contributed by atoms with Crippen molar-refractivity contribution >= 4 is 24.0 Å². The minimum absolute atomic E-state index is 0.243. The highest BCUT2D eigenvalue weighted by atomic mass is 32.1. The lowest BCUT2D eigenvalue weighted by molar-refractivity contribution is 0.548. The van der Waals surface area contributed by atoms with Gasteiger partial charge in [0.1, 0.15) is 0 Å². The van der Waals surface area contributed by atoms with Crippen molar-refractivity contribution in [3.8, 4) is 0 Å². The van der Waals surface area contributed by atoms with Crippen LogP contribution in [0.4, 0.5) is 11.4 Å². The second-order valence-electron chi connectivity index (χ2n) is 5.80. The number of rotatable bonds is 5. The predicted molar refractivity (Wildman–Crippen MR) is 103 cm³/mol. The zero-order valence-electron chi connectivity index (χ0n) is 13.3. The molecule has 0 aliphatic heterocycles. The van der Waals surface area contributed by atoms with E-state index in [0.717, 1.165) is 0 Å². The smallest absolute Gasteiger partial charge is 0.0762 e. The van der Waals surface area contributed by atoms with Crippen LogP contribution in [-0.4, -0.2) is 5.75 Å². The van der Waals surface area contributed by atoms with E-state index in [1.165, 1.54) is 16.9 Å². The molecule has 23 heavy (non-hydrogen) atoms. The Labute approximate surface area is 144 Å². The van der Waals surface area contributed by atoms with Crippen molar-refractivity contribution in [3.05, 3.63) is 96.6 Å². The van der Waals surface area contributed by atoms with E-state index >= 15 is 0 Å². The molecule has 0 saturated carbocycles. The molecule has 0 unspecified atom stereocenters. The van der Waals surface area contributed by atoms with E-state index in [-0.39, 0.29) is 5.54 Å². The lowest BCUT2D eigenvalue weighted by Gasteiger charge is -2.43. The first kappa shape index (κ1) is 15.7. The van der Waals surface area contributed by atoms with Gasteiger partial charge in [-0.25, -0.2) is 0 Å². The Kier molecular flexibility index (Phi) is 4.73. The van der Waals surface area contributed by atoms with Crippen LogP contribution in [0.1, 0.15) is 12.5 Å². The molecule has 1 nitrogen and oxygen atoms in total. The molecule has 0 amide bonds. The third-order valence-corrected chi connectivity index (χ3v) is 4.84. The van der Waals surface area contributed by atoms with Gasteiger partial charge >= 0.3 is 0 Å². The Balaban J connectivity index is 2.18. The highest BCUT2D eigenvalue weighted by molar-refractivity contribution is 7.80. The van der Waals surface area contributed by atoms with Crippen LogP contribution in [0.15, 0.2) is 91.0 Å². The van der Waals surface area contributed by atoms with Crippen molar-refractivity contribution in [1.29, 1.82) is 0 Å². The molecule has 116 valence electrons. The Morgan fingerprint density at radius 3 is 1.48 bits per heavy atom. The molecule has 0 aliphatic rings. The minimum Gasteiger partial charge on any atom is -0.331 e. The van der Waals surface area contributed by atoms with Gasteiger partial charge in [0, 0.05) is 17.1 Å². The number of para-hydroxylation sites is 2. The quantitative estimate of drug-likeness (QED) is 0.593. The number of nitrogens with zero attached hydrogens (tertiary/aromatic N) is 1. The van der Waals surface area contributed by atoms with Gasteiger partial charge in [-0.15, -0.1) is 0 Å². The van der Waals surface area contributed by atoms with E-state index in [2.05, 4.69) is 90.7 Å². The summed E-state index contributed by atoms with van der Waals surface area (Å²) in [7, 11) is 0. The summed E-state index contributed by atoms with van der Waals surface area (Å²) in [5.41, 5.74) is 3.34. The van der Waals surface area contributed by atoms with Gasteiger partial charge in [-0.2, -0.15) is 12.6 Å². The summed E-state index contributed by atoms with van der Waals surface area (Å²) in [6.07, 6.45) is 0. The molecular weight excluding hydrogens is 298 g/mol. The summed E-state index contributed by atoms with van der Waals surface area (Å²) in [6, 6.07) is 31.6. The van der Waals surface area contributed by atoms with E-state index in [1.807, 2.05) is 12.1 Å². The largest absolute Gasteiger partial charge is 0.331 e. The van der Waals surface area contributed by atoms with Crippen molar-refractivity contribution in [2.75, 3.05) is 10.7 Å².